The van der Waals surface area contributed by atoms with Gasteiger partial charge in [-0.2, -0.15) is 0 Å². The van der Waals surface area contributed by atoms with E-state index in [1.165, 1.54) is 0 Å². The van der Waals surface area contributed by atoms with Crippen LogP contribution >= 0.6 is 0 Å². The molecule has 1 atom stereocenters. The molecule has 1 aliphatic rings. The number of rotatable bonds is 1. The quantitative estimate of drug-likeness (QED) is 0.605. The molecular weight excluding hydrogens is 140 g/mol. The Bertz CT molecular complexity index is 253. The monoisotopic (exact) mass is 150 g/mol. The fourth-order valence-corrected chi connectivity index (χ4v) is 1.45. The van der Waals surface area contributed by atoms with Crippen molar-refractivity contribution in [3.05, 3.63) is 24.0 Å². The van der Waals surface area contributed by atoms with Crippen LogP contribution in [0.1, 0.15) is 18.0 Å². The maximum atomic E-state index is 11.1. The zero-order valence-electron chi connectivity index (χ0n) is 6.13. The molecule has 58 valence electrons. The van der Waals surface area contributed by atoms with Crippen molar-refractivity contribution in [2.75, 3.05) is 6.54 Å². The van der Waals surface area contributed by atoms with Crippen LogP contribution in [0, 0.1) is 0 Å². The Morgan fingerprint density at radius 1 is 1.55 bits per heavy atom. The number of amides is 1. The Labute approximate surface area is 64.8 Å². The van der Waals surface area contributed by atoms with Crippen LogP contribution in [0.15, 0.2) is 18.3 Å². The van der Waals surface area contributed by atoms with Gasteiger partial charge >= 0.3 is 0 Å². The van der Waals surface area contributed by atoms with E-state index in [-0.39, 0.29) is 11.8 Å². The van der Waals surface area contributed by atoms with Crippen LogP contribution in [0.2, 0.25) is 0 Å². The highest BCUT2D eigenvalue weighted by molar-refractivity contribution is 5.85. The lowest BCUT2D eigenvalue weighted by molar-refractivity contribution is -0.120. The highest BCUT2D eigenvalue weighted by Gasteiger charge is 2.25. The number of hydrogen-bond acceptors (Lipinski definition) is 1. The lowest BCUT2D eigenvalue weighted by atomic mass is 10.1. The molecule has 2 N–H and O–H groups in total. The zero-order chi connectivity index (χ0) is 7.68. The first kappa shape index (κ1) is 6.46. The molecule has 1 aromatic heterocycles. The van der Waals surface area contributed by atoms with E-state index in [4.69, 9.17) is 0 Å². The Morgan fingerprint density at radius 2 is 2.45 bits per heavy atom. The van der Waals surface area contributed by atoms with Crippen molar-refractivity contribution in [3.63, 3.8) is 0 Å². The van der Waals surface area contributed by atoms with Gasteiger partial charge in [0.2, 0.25) is 5.91 Å². The Morgan fingerprint density at radius 3 is 3.00 bits per heavy atom. The second-order valence-electron chi connectivity index (χ2n) is 2.76. The Kier molecular flexibility index (Phi) is 1.42. The van der Waals surface area contributed by atoms with Gasteiger partial charge in [0.05, 0.1) is 5.92 Å². The molecule has 0 spiro atoms. The summed E-state index contributed by atoms with van der Waals surface area (Å²) in [6.07, 6.45) is 2.76. The summed E-state index contributed by atoms with van der Waals surface area (Å²) in [7, 11) is 0. The summed E-state index contributed by atoms with van der Waals surface area (Å²) in [5.41, 5.74) is 1.03. The SMILES string of the molecule is O=C1NCCC1c1ccc[nH]1. The van der Waals surface area contributed by atoms with Gasteiger partial charge < -0.3 is 10.3 Å². The van der Waals surface area contributed by atoms with E-state index in [0.717, 1.165) is 18.7 Å². The predicted molar refractivity (Wildman–Crippen MR) is 41.2 cm³/mol. The fourth-order valence-electron chi connectivity index (χ4n) is 1.45. The highest BCUT2D eigenvalue weighted by atomic mass is 16.2. The maximum Gasteiger partial charge on any atom is 0.229 e. The summed E-state index contributed by atoms with van der Waals surface area (Å²) in [5.74, 6) is 0.206. The number of aromatic amines is 1. The highest BCUT2D eigenvalue weighted by Crippen LogP contribution is 2.20. The second-order valence-corrected chi connectivity index (χ2v) is 2.76. The van der Waals surface area contributed by atoms with Crippen molar-refractivity contribution in [1.29, 1.82) is 0 Å². The molecular formula is C8H10N2O. The Hall–Kier alpha value is -1.25. The minimum Gasteiger partial charge on any atom is -0.364 e. The number of aromatic nitrogens is 1. The van der Waals surface area contributed by atoms with Gasteiger partial charge in [0.15, 0.2) is 0 Å². The molecule has 1 aromatic rings. The molecule has 11 heavy (non-hydrogen) atoms. The molecule has 3 nitrogen and oxygen atoms in total. The van der Waals surface area contributed by atoms with E-state index in [9.17, 15) is 4.79 Å². The smallest absolute Gasteiger partial charge is 0.229 e. The van der Waals surface area contributed by atoms with Crippen molar-refractivity contribution >= 4 is 5.91 Å². The number of hydrogen-bond donors (Lipinski definition) is 2. The second kappa shape index (κ2) is 2.42. The lowest BCUT2D eigenvalue weighted by Crippen LogP contribution is -2.17. The topological polar surface area (TPSA) is 44.9 Å². The summed E-state index contributed by atoms with van der Waals surface area (Å²) >= 11 is 0. The van der Waals surface area contributed by atoms with E-state index in [1.807, 2.05) is 18.3 Å². The third kappa shape index (κ3) is 1.02. The first-order chi connectivity index (χ1) is 5.38. The predicted octanol–water partition coefficient (Wildman–Crippen LogP) is 0.618. The average molecular weight is 150 g/mol. The third-order valence-electron chi connectivity index (χ3n) is 2.05. The largest absolute Gasteiger partial charge is 0.364 e. The molecule has 0 aromatic carbocycles. The van der Waals surface area contributed by atoms with Crippen molar-refractivity contribution in [3.8, 4) is 0 Å². The number of H-pyrrole nitrogens is 1. The van der Waals surface area contributed by atoms with Crippen LogP contribution in [-0.4, -0.2) is 17.4 Å². The molecule has 1 fully saturated rings. The lowest BCUT2D eigenvalue weighted by Gasteiger charge is -2.01. The summed E-state index contributed by atoms with van der Waals surface area (Å²) in [6, 6.07) is 3.87. The molecule has 0 aliphatic carbocycles. The number of nitrogens with one attached hydrogen (secondary N) is 2. The first-order valence-corrected chi connectivity index (χ1v) is 3.79. The number of carbonyl (C=O) groups is 1. The van der Waals surface area contributed by atoms with Crippen LogP contribution in [0.25, 0.3) is 0 Å². The summed E-state index contributed by atoms with van der Waals surface area (Å²) in [4.78, 5) is 14.2. The zero-order valence-corrected chi connectivity index (χ0v) is 6.13. The van der Waals surface area contributed by atoms with Crippen molar-refractivity contribution in [2.24, 2.45) is 0 Å². The summed E-state index contributed by atoms with van der Waals surface area (Å²) < 4.78 is 0. The fraction of sp³-hybridized carbons (Fsp3) is 0.375. The minimum absolute atomic E-state index is 0.0602. The molecule has 1 amide bonds. The van der Waals surface area contributed by atoms with Gasteiger partial charge in [-0.1, -0.05) is 0 Å². The van der Waals surface area contributed by atoms with Crippen LogP contribution in [-0.2, 0) is 4.79 Å². The van der Waals surface area contributed by atoms with Gasteiger partial charge in [0.25, 0.3) is 0 Å². The first-order valence-electron chi connectivity index (χ1n) is 3.79. The maximum absolute atomic E-state index is 11.1. The average Bonchev–Trinajstić information content (AvgIpc) is 2.55. The van der Waals surface area contributed by atoms with Gasteiger partial charge in [0, 0.05) is 18.4 Å². The molecule has 1 saturated heterocycles. The van der Waals surface area contributed by atoms with E-state index in [1.54, 1.807) is 0 Å². The van der Waals surface area contributed by atoms with Gasteiger partial charge in [-0.15, -0.1) is 0 Å². The van der Waals surface area contributed by atoms with Gasteiger partial charge in [-0.25, -0.2) is 0 Å². The van der Waals surface area contributed by atoms with Crippen molar-refractivity contribution in [1.82, 2.24) is 10.3 Å². The van der Waals surface area contributed by atoms with E-state index in [2.05, 4.69) is 10.3 Å². The van der Waals surface area contributed by atoms with E-state index in [0.29, 0.717) is 0 Å². The molecule has 0 bridgehead atoms. The molecule has 2 heterocycles. The Balaban J connectivity index is 2.23. The van der Waals surface area contributed by atoms with E-state index >= 15 is 0 Å². The molecule has 3 heteroatoms. The third-order valence-corrected chi connectivity index (χ3v) is 2.05. The molecule has 0 saturated carbocycles. The molecule has 0 radical (unpaired) electrons. The standard InChI is InChI=1S/C8H10N2O/c11-8-6(3-5-10-8)7-2-1-4-9-7/h1-2,4,6,9H,3,5H2,(H,10,11). The van der Waals surface area contributed by atoms with Crippen LogP contribution in [0.4, 0.5) is 0 Å². The molecule has 2 rings (SSSR count). The van der Waals surface area contributed by atoms with E-state index < -0.39 is 0 Å². The van der Waals surface area contributed by atoms with Crippen LogP contribution in [0.5, 0.6) is 0 Å². The van der Waals surface area contributed by atoms with Crippen LogP contribution < -0.4 is 5.32 Å². The van der Waals surface area contributed by atoms with Gasteiger partial charge in [0.1, 0.15) is 0 Å². The van der Waals surface area contributed by atoms with Crippen molar-refractivity contribution < 1.29 is 4.79 Å². The normalized spacial score (nSPS) is 23.6. The number of carbonyl (C=O) groups excluding carboxylic acids is 1. The van der Waals surface area contributed by atoms with Crippen molar-refractivity contribution in [2.45, 2.75) is 12.3 Å². The van der Waals surface area contributed by atoms with Gasteiger partial charge in [-0.05, 0) is 18.6 Å². The molecule has 1 unspecified atom stereocenters. The molecule has 1 aliphatic heterocycles. The summed E-state index contributed by atoms with van der Waals surface area (Å²) in [5, 5.41) is 2.80. The van der Waals surface area contributed by atoms with Gasteiger partial charge in [-0.3, -0.25) is 4.79 Å². The summed E-state index contributed by atoms with van der Waals surface area (Å²) in [6.45, 7) is 0.808. The van der Waals surface area contributed by atoms with Crippen LogP contribution in [0.3, 0.4) is 0 Å². The minimum atomic E-state index is 0.0602.